The molecule has 0 aliphatic carbocycles. The normalized spacial score (nSPS) is 12.3. The van der Waals surface area contributed by atoms with E-state index < -0.39 is 11.1 Å². The topological polar surface area (TPSA) is 94.8 Å². The molecule has 0 fully saturated rings. The number of nitrogens with one attached hydrogen (secondary N) is 3. The molecule has 18 heavy (non-hydrogen) atoms. The van der Waals surface area contributed by atoms with Crippen molar-refractivity contribution in [3.8, 4) is 0 Å². The molecule has 0 radical (unpaired) electrons. The van der Waals surface area contributed by atoms with Gasteiger partial charge in [0.1, 0.15) is 0 Å². The van der Waals surface area contributed by atoms with Gasteiger partial charge in [0.2, 0.25) is 5.91 Å². The maximum atomic E-state index is 11.5. The number of aromatic nitrogens is 2. The maximum absolute atomic E-state index is 11.5. The Morgan fingerprint density at radius 2 is 1.83 bits per heavy atom. The lowest BCUT2D eigenvalue weighted by molar-refractivity contribution is -0.115. The highest BCUT2D eigenvalue weighted by Gasteiger charge is 2.09. The van der Waals surface area contributed by atoms with Crippen LogP contribution in [0.15, 0.2) is 27.8 Å². The van der Waals surface area contributed by atoms with Crippen LogP contribution in [0.2, 0.25) is 0 Å². The zero-order valence-corrected chi connectivity index (χ0v) is 11.0. The first-order chi connectivity index (χ1) is 8.47. The van der Waals surface area contributed by atoms with Crippen LogP contribution in [0, 0.1) is 0 Å². The van der Waals surface area contributed by atoms with Crippen LogP contribution >= 0.6 is 15.9 Å². The molecule has 0 spiro atoms. The molecule has 3 N–H and O–H groups in total. The average Bonchev–Trinajstić information content (AvgIpc) is 2.31. The van der Waals surface area contributed by atoms with E-state index in [-0.39, 0.29) is 10.7 Å². The molecule has 0 saturated carbocycles. The van der Waals surface area contributed by atoms with E-state index in [4.69, 9.17) is 0 Å². The van der Waals surface area contributed by atoms with E-state index in [0.717, 1.165) is 0 Å². The minimum Gasteiger partial charge on any atom is -0.325 e. The summed E-state index contributed by atoms with van der Waals surface area (Å²) in [4.78, 5) is 38.3. The third kappa shape index (κ3) is 2.51. The van der Waals surface area contributed by atoms with Crippen molar-refractivity contribution in [1.82, 2.24) is 9.97 Å². The van der Waals surface area contributed by atoms with Gasteiger partial charge in [0.15, 0.2) is 0 Å². The third-order valence-electron chi connectivity index (χ3n) is 2.35. The lowest BCUT2D eigenvalue weighted by Gasteiger charge is -2.07. The van der Waals surface area contributed by atoms with Gasteiger partial charge in [0.05, 0.1) is 15.9 Å². The van der Waals surface area contributed by atoms with E-state index in [0.29, 0.717) is 16.7 Å². The van der Waals surface area contributed by atoms with Crippen molar-refractivity contribution in [2.45, 2.75) is 11.8 Å². The van der Waals surface area contributed by atoms with Gasteiger partial charge in [0, 0.05) is 5.69 Å². The number of aromatic amines is 2. The van der Waals surface area contributed by atoms with Crippen LogP contribution in [-0.2, 0) is 4.79 Å². The summed E-state index contributed by atoms with van der Waals surface area (Å²) in [7, 11) is 0. The first-order valence-electron chi connectivity index (χ1n) is 5.18. The fourth-order valence-corrected chi connectivity index (χ4v) is 1.55. The van der Waals surface area contributed by atoms with Gasteiger partial charge in [-0.1, -0.05) is 15.9 Å². The smallest absolute Gasteiger partial charge is 0.314 e. The van der Waals surface area contributed by atoms with Crippen LogP contribution < -0.4 is 16.4 Å². The molecule has 0 aliphatic heterocycles. The molecule has 0 bridgehead atoms. The Hall–Kier alpha value is -1.89. The Labute approximate surface area is 110 Å². The summed E-state index contributed by atoms with van der Waals surface area (Å²) in [6.45, 7) is 1.70. The lowest BCUT2D eigenvalue weighted by atomic mass is 10.2. The quantitative estimate of drug-likeness (QED) is 0.569. The van der Waals surface area contributed by atoms with Crippen LogP contribution in [0.5, 0.6) is 0 Å². The van der Waals surface area contributed by atoms with E-state index >= 15 is 0 Å². The number of H-pyrrole nitrogens is 2. The Morgan fingerprint density at radius 1 is 1.22 bits per heavy atom. The molecule has 1 atom stereocenters. The monoisotopic (exact) mass is 311 g/mol. The summed E-state index contributed by atoms with van der Waals surface area (Å²) in [5, 5.41) is 2.67. The summed E-state index contributed by atoms with van der Waals surface area (Å²) >= 11 is 3.15. The van der Waals surface area contributed by atoms with Crippen LogP contribution in [0.4, 0.5) is 5.69 Å². The molecule has 2 rings (SSSR count). The van der Waals surface area contributed by atoms with Gasteiger partial charge in [-0.3, -0.25) is 14.4 Å². The number of anilines is 1. The molecule has 94 valence electrons. The highest BCUT2D eigenvalue weighted by Crippen LogP contribution is 2.14. The van der Waals surface area contributed by atoms with Gasteiger partial charge in [-0.15, -0.1) is 0 Å². The molecule has 1 amide bonds. The molecule has 0 saturated heterocycles. The highest BCUT2D eigenvalue weighted by molar-refractivity contribution is 9.10. The second-order valence-corrected chi connectivity index (χ2v) is 5.15. The zero-order valence-electron chi connectivity index (χ0n) is 9.41. The summed E-state index contributed by atoms with van der Waals surface area (Å²) in [5.41, 5.74) is 0.0822. The molecule has 1 aromatic carbocycles. The Morgan fingerprint density at radius 3 is 2.44 bits per heavy atom. The van der Waals surface area contributed by atoms with Gasteiger partial charge in [-0.25, -0.2) is 0 Å². The molecule has 6 nitrogen and oxygen atoms in total. The number of hydrogen-bond acceptors (Lipinski definition) is 3. The number of rotatable bonds is 2. The average molecular weight is 312 g/mol. The van der Waals surface area contributed by atoms with Gasteiger partial charge < -0.3 is 15.3 Å². The molecule has 1 heterocycles. The number of amides is 1. The van der Waals surface area contributed by atoms with Crippen molar-refractivity contribution in [1.29, 1.82) is 0 Å². The van der Waals surface area contributed by atoms with Crippen molar-refractivity contribution in [3.05, 3.63) is 38.9 Å². The zero-order chi connectivity index (χ0) is 13.3. The number of carbonyl (C=O) groups is 1. The van der Waals surface area contributed by atoms with Crippen LogP contribution in [-0.4, -0.2) is 20.7 Å². The maximum Gasteiger partial charge on any atom is 0.314 e. The van der Waals surface area contributed by atoms with E-state index in [1.165, 1.54) is 0 Å². The van der Waals surface area contributed by atoms with Crippen molar-refractivity contribution < 1.29 is 4.79 Å². The first-order valence-corrected chi connectivity index (χ1v) is 6.10. The van der Waals surface area contributed by atoms with Crippen molar-refractivity contribution in [2.24, 2.45) is 0 Å². The van der Waals surface area contributed by atoms with Crippen molar-refractivity contribution >= 4 is 38.6 Å². The minimum absolute atomic E-state index is 0.193. The number of alkyl halides is 1. The SMILES string of the molecule is CC(Br)C(=O)Nc1ccc2[nH]c(=O)c(=O)[nH]c2c1. The predicted octanol–water partition coefficient (Wildman–Crippen LogP) is 0.938. The van der Waals surface area contributed by atoms with Crippen molar-refractivity contribution in [2.75, 3.05) is 5.32 Å². The Balaban J connectivity index is 2.44. The molecule has 0 aliphatic rings. The van der Waals surface area contributed by atoms with Gasteiger partial charge >= 0.3 is 11.1 Å². The molecule has 1 aromatic heterocycles. The summed E-state index contributed by atoms with van der Waals surface area (Å²) < 4.78 is 0. The Kier molecular flexibility index (Phi) is 3.33. The predicted molar refractivity (Wildman–Crippen MR) is 72.2 cm³/mol. The number of fused-ring (bicyclic) bond motifs is 1. The second-order valence-electron chi connectivity index (χ2n) is 3.77. The van der Waals surface area contributed by atoms with E-state index in [1.54, 1.807) is 25.1 Å². The summed E-state index contributed by atoms with van der Waals surface area (Å²) in [6, 6.07) is 4.84. The van der Waals surface area contributed by atoms with E-state index in [2.05, 4.69) is 31.2 Å². The summed E-state index contributed by atoms with van der Waals surface area (Å²) in [6.07, 6.45) is 0. The first kappa shape index (κ1) is 12.6. The lowest BCUT2D eigenvalue weighted by Crippen LogP contribution is -2.29. The largest absolute Gasteiger partial charge is 0.325 e. The molecule has 7 heteroatoms. The Bertz CT molecular complexity index is 717. The molecule has 2 aromatic rings. The number of hydrogen-bond donors (Lipinski definition) is 3. The number of benzene rings is 1. The van der Waals surface area contributed by atoms with E-state index in [9.17, 15) is 14.4 Å². The van der Waals surface area contributed by atoms with Gasteiger partial charge in [-0.2, -0.15) is 0 Å². The van der Waals surface area contributed by atoms with Crippen molar-refractivity contribution in [3.63, 3.8) is 0 Å². The van der Waals surface area contributed by atoms with Crippen LogP contribution in [0.25, 0.3) is 11.0 Å². The van der Waals surface area contributed by atoms with Crippen LogP contribution in [0.3, 0.4) is 0 Å². The van der Waals surface area contributed by atoms with E-state index in [1.807, 2.05) is 0 Å². The fraction of sp³-hybridized carbons (Fsp3) is 0.182. The fourth-order valence-electron chi connectivity index (χ4n) is 1.43. The number of carbonyl (C=O) groups excluding carboxylic acids is 1. The number of halogens is 1. The summed E-state index contributed by atoms with van der Waals surface area (Å²) in [5.74, 6) is -0.193. The minimum atomic E-state index is -0.722. The standard InChI is InChI=1S/C11H10BrN3O3/c1-5(12)9(16)13-6-2-3-7-8(4-6)15-11(18)10(17)14-7/h2-5H,1H3,(H,13,16)(H,14,17)(H,15,18). The molecular formula is C11H10BrN3O3. The molecular weight excluding hydrogens is 302 g/mol. The second kappa shape index (κ2) is 4.77. The van der Waals surface area contributed by atoms with Crippen LogP contribution in [0.1, 0.15) is 6.92 Å². The van der Waals surface area contributed by atoms with Gasteiger partial charge in [-0.05, 0) is 25.1 Å². The molecule has 1 unspecified atom stereocenters. The third-order valence-corrected chi connectivity index (χ3v) is 2.77. The van der Waals surface area contributed by atoms with Gasteiger partial charge in [0.25, 0.3) is 0 Å². The highest BCUT2D eigenvalue weighted by atomic mass is 79.9.